The molecule has 1 aliphatic heterocycles. The van der Waals surface area contributed by atoms with Gasteiger partial charge in [-0.2, -0.15) is 5.10 Å². The van der Waals surface area contributed by atoms with Crippen LogP contribution in [0.1, 0.15) is 36.2 Å². The van der Waals surface area contributed by atoms with Crippen LogP contribution in [0.5, 0.6) is 0 Å². The van der Waals surface area contributed by atoms with Crippen molar-refractivity contribution in [1.29, 1.82) is 0 Å². The molecule has 7 heteroatoms. The first-order chi connectivity index (χ1) is 11.2. The summed E-state index contributed by atoms with van der Waals surface area (Å²) in [7, 11) is 0. The van der Waals surface area contributed by atoms with E-state index in [2.05, 4.69) is 15.3 Å². The number of fused-ring (bicyclic) bond motifs is 1. The van der Waals surface area contributed by atoms with Crippen molar-refractivity contribution in [2.24, 2.45) is 0 Å². The summed E-state index contributed by atoms with van der Waals surface area (Å²) < 4.78 is 7.30. The quantitative estimate of drug-likeness (QED) is 0.738. The number of carbonyl (C=O) groups excluding carboxylic acids is 1. The van der Waals surface area contributed by atoms with E-state index in [9.17, 15) is 4.79 Å². The van der Waals surface area contributed by atoms with Gasteiger partial charge in [0.1, 0.15) is 6.04 Å². The summed E-state index contributed by atoms with van der Waals surface area (Å²) in [6.07, 6.45) is 5.78. The predicted molar refractivity (Wildman–Crippen MR) is 81.6 cm³/mol. The van der Waals surface area contributed by atoms with Crippen molar-refractivity contribution in [3.8, 4) is 0 Å². The van der Waals surface area contributed by atoms with Crippen LogP contribution in [0.15, 0.2) is 35.0 Å². The Kier molecular flexibility index (Phi) is 3.33. The first kappa shape index (κ1) is 13.9. The molecule has 1 saturated heterocycles. The Hall–Kier alpha value is -2.70. The molecule has 0 aromatic carbocycles. The van der Waals surface area contributed by atoms with Gasteiger partial charge in [0.15, 0.2) is 0 Å². The number of pyridine rings is 1. The maximum atomic E-state index is 12.7. The molecule has 4 heterocycles. The molecular weight excluding hydrogens is 294 g/mol. The van der Waals surface area contributed by atoms with Gasteiger partial charge in [0.05, 0.1) is 18.1 Å². The van der Waals surface area contributed by atoms with Crippen LogP contribution in [0.3, 0.4) is 0 Å². The van der Waals surface area contributed by atoms with Crippen molar-refractivity contribution in [3.05, 3.63) is 47.9 Å². The van der Waals surface area contributed by atoms with E-state index >= 15 is 0 Å². The largest absolute Gasteiger partial charge is 0.423 e. The molecule has 0 radical (unpaired) electrons. The molecule has 0 unspecified atom stereocenters. The van der Waals surface area contributed by atoms with Crippen molar-refractivity contribution in [3.63, 3.8) is 0 Å². The molecular formula is C16H17N5O2. The van der Waals surface area contributed by atoms with Gasteiger partial charge in [0.25, 0.3) is 0 Å². The number of carbonyl (C=O) groups is 1. The van der Waals surface area contributed by atoms with E-state index in [0.717, 1.165) is 30.5 Å². The highest BCUT2D eigenvalue weighted by atomic mass is 16.4. The Morgan fingerprint density at radius 1 is 1.39 bits per heavy atom. The fourth-order valence-electron chi connectivity index (χ4n) is 3.16. The smallest absolute Gasteiger partial charge is 0.238 e. The second-order valence-electron chi connectivity index (χ2n) is 5.78. The van der Waals surface area contributed by atoms with Gasteiger partial charge in [0, 0.05) is 25.2 Å². The summed E-state index contributed by atoms with van der Waals surface area (Å²) in [6.45, 7) is 2.49. The topological polar surface area (TPSA) is 76.5 Å². The van der Waals surface area contributed by atoms with Crippen LogP contribution in [0.2, 0.25) is 0 Å². The van der Waals surface area contributed by atoms with E-state index in [4.69, 9.17) is 4.42 Å². The average molecular weight is 311 g/mol. The molecule has 0 saturated carbocycles. The molecule has 4 rings (SSSR count). The summed E-state index contributed by atoms with van der Waals surface area (Å²) in [6, 6.07) is 5.73. The minimum Gasteiger partial charge on any atom is -0.423 e. The standard InChI is InChI=1S/C16H17N5O2/c1-11-18-19-16(23-11)14-6-4-7-20(14)15(22)9-12-10-17-21-8-3-2-5-13(12)21/h2-3,5,8,10,14H,4,6-7,9H2,1H3/t14-/m0/s1. The Bertz CT molecular complexity index is 853. The highest BCUT2D eigenvalue weighted by Gasteiger charge is 2.33. The number of aryl methyl sites for hydroxylation is 1. The molecule has 0 N–H and O–H groups in total. The van der Waals surface area contributed by atoms with E-state index in [0.29, 0.717) is 18.2 Å². The molecule has 118 valence electrons. The third kappa shape index (κ3) is 2.48. The van der Waals surface area contributed by atoms with Crippen molar-refractivity contribution < 1.29 is 9.21 Å². The molecule has 23 heavy (non-hydrogen) atoms. The van der Waals surface area contributed by atoms with E-state index in [1.807, 2.05) is 29.3 Å². The molecule has 1 aliphatic rings. The number of nitrogens with zero attached hydrogens (tertiary/aromatic N) is 5. The van der Waals surface area contributed by atoms with Crippen molar-refractivity contribution >= 4 is 11.4 Å². The Morgan fingerprint density at radius 3 is 3.13 bits per heavy atom. The van der Waals surface area contributed by atoms with E-state index in [1.165, 1.54) is 0 Å². The summed E-state index contributed by atoms with van der Waals surface area (Å²) in [5.74, 6) is 1.14. The fourth-order valence-corrected chi connectivity index (χ4v) is 3.16. The average Bonchev–Trinajstić information content (AvgIpc) is 3.26. The number of likely N-dealkylation sites (tertiary alicyclic amines) is 1. The molecule has 1 atom stereocenters. The van der Waals surface area contributed by atoms with Gasteiger partial charge in [0.2, 0.25) is 17.7 Å². The third-order valence-corrected chi connectivity index (χ3v) is 4.25. The SMILES string of the molecule is Cc1nnc([C@@H]2CCCN2C(=O)Cc2cnn3ccccc23)o1. The molecule has 7 nitrogen and oxygen atoms in total. The molecule has 0 aliphatic carbocycles. The fraction of sp³-hybridized carbons (Fsp3) is 0.375. The van der Waals surface area contributed by atoms with Crippen LogP contribution in [0, 0.1) is 6.92 Å². The van der Waals surface area contributed by atoms with Gasteiger partial charge in [-0.3, -0.25) is 4.79 Å². The molecule has 1 fully saturated rings. The number of rotatable bonds is 3. The summed E-state index contributed by atoms with van der Waals surface area (Å²) >= 11 is 0. The molecule has 3 aromatic heterocycles. The minimum absolute atomic E-state index is 0.0714. The van der Waals surface area contributed by atoms with Crippen molar-refractivity contribution in [2.45, 2.75) is 32.2 Å². The summed E-state index contributed by atoms with van der Waals surface area (Å²) in [5.41, 5.74) is 1.90. The summed E-state index contributed by atoms with van der Waals surface area (Å²) in [5, 5.41) is 12.2. The maximum Gasteiger partial charge on any atom is 0.238 e. The van der Waals surface area contributed by atoms with Gasteiger partial charge >= 0.3 is 0 Å². The van der Waals surface area contributed by atoms with Crippen LogP contribution in [-0.2, 0) is 11.2 Å². The lowest BCUT2D eigenvalue weighted by atomic mass is 10.1. The van der Waals surface area contributed by atoms with E-state index in [-0.39, 0.29) is 11.9 Å². The van der Waals surface area contributed by atoms with Crippen LogP contribution >= 0.6 is 0 Å². The van der Waals surface area contributed by atoms with Gasteiger partial charge in [-0.1, -0.05) is 6.07 Å². The predicted octanol–water partition coefficient (Wildman–Crippen LogP) is 1.93. The van der Waals surface area contributed by atoms with Crippen molar-refractivity contribution in [1.82, 2.24) is 24.7 Å². The van der Waals surface area contributed by atoms with Crippen molar-refractivity contribution in [2.75, 3.05) is 6.54 Å². The zero-order valence-electron chi connectivity index (χ0n) is 12.8. The number of hydrogen-bond donors (Lipinski definition) is 0. The van der Waals surface area contributed by atoms with Gasteiger partial charge in [-0.05, 0) is 25.0 Å². The Morgan fingerprint density at radius 2 is 2.30 bits per heavy atom. The lowest BCUT2D eigenvalue weighted by Crippen LogP contribution is -2.32. The highest BCUT2D eigenvalue weighted by Crippen LogP contribution is 2.31. The Balaban J connectivity index is 1.56. The maximum absolute atomic E-state index is 12.7. The third-order valence-electron chi connectivity index (χ3n) is 4.25. The molecule has 3 aromatic rings. The van der Waals surface area contributed by atoms with E-state index < -0.39 is 0 Å². The second-order valence-corrected chi connectivity index (χ2v) is 5.78. The lowest BCUT2D eigenvalue weighted by Gasteiger charge is -2.21. The highest BCUT2D eigenvalue weighted by molar-refractivity contribution is 5.81. The van der Waals surface area contributed by atoms with Crippen LogP contribution in [0.25, 0.3) is 5.52 Å². The zero-order valence-corrected chi connectivity index (χ0v) is 12.8. The number of hydrogen-bond acceptors (Lipinski definition) is 5. The monoisotopic (exact) mass is 311 g/mol. The van der Waals surface area contributed by atoms with Gasteiger partial charge < -0.3 is 9.32 Å². The number of amides is 1. The van der Waals surface area contributed by atoms with Crippen LogP contribution in [-0.4, -0.2) is 37.2 Å². The van der Waals surface area contributed by atoms with Crippen LogP contribution in [0.4, 0.5) is 0 Å². The lowest BCUT2D eigenvalue weighted by molar-refractivity contribution is -0.131. The van der Waals surface area contributed by atoms with Crippen LogP contribution < -0.4 is 0 Å². The van der Waals surface area contributed by atoms with Gasteiger partial charge in [-0.25, -0.2) is 4.52 Å². The zero-order chi connectivity index (χ0) is 15.8. The van der Waals surface area contributed by atoms with E-state index in [1.54, 1.807) is 17.6 Å². The molecule has 0 bridgehead atoms. The Labute approximate surface area is 132 Å². The number of aromatic nitrogens is 4. The normalized spacial score (nSPS) is 18.0. The molecule has 1 amide bonds. The summed E-state index contributed by atoms with van der Waals surface area (Å²) in [4.78, 5) is 14.6. The second kappa shape index (κ2) is 5.49. The first-order valence-electron chi connectivity index (χ1n) is 7.73. The minimum atomic E-state index is -0.106. The van der Waals surface area contributed by atoms with Gasteiger partial charge in [-0.15, -0.1) is 10.2 Å². The first-order valence-corrected chi connectivity index (χ1v) is 7.73. The molecule has 0 spiro atoms.